The van der Waals surface area contributed by atoms with E-state index in [2.05, 4.69) is 33.3 Å². The molecule has 0 aromatic carbocycles. The van der Waals surface area contributed by atoms with E-state index in [-0.39, 0.29) is 12.1 Å². The number of carbonyl (C=O) groups excluding carboxylic acids is 1. The van der Waals surface area contributed by atoms with Gasteiger partial charge in [-0.2, -0.15) is 0 Å². The largest absolute Gasteiger partial charge is 0.444 e. The van der Waals surface area contributed by atoms with E-state index in [9.17, 15) is 4.79 Å². The minimum atomic E-state index is -0.469. The average Bonchev–Trinajstić information content (AvgIpc) is 3.17. The van der Waals surface area contributed by atoms with Crippen molar-refractivity contribution >= 4 is 33.5 Å². The number of carbonyl (C=O) groups is 1. The van der Waals surface area contributed by atoms with Gasteiger partial charge in [-0.25, -0.2) is 14.8 Å². The lowest BCUT2D eigenvalue weighted by Gasteiger charge is -2.26. The van der Waals surface area contributed by atoms with Crippen LogP contribution in [-0.2, 0) is 4.74 Å². The number of rotatable bonds is 4. The van der Waals surface area contributed by atoms with Crippen LogP contribution in [0.1, 0.15) is 63.7 Å². The number of fused-ring (bicyclic) bond motifs is 1. The summed E-state index contributed by atoms with van der Waals surface area (Å²) in [7, 11) is 2.11. The number of amides is 1. The summed E-state index contributed by atoms with van der Waals surface area (Å²) in [5, 5.41) is 4.18. The topological polar surface area (TPSA) is 67.4 Å². The highest BCUT2D eigenvalue weighted by Crippen LogP contribution is 2.46. The average molecular weight is 389 g/mol. The van der Waals surface area contributed by atoms with Crippen molar-refractivity contribution in [3.63, 3.8) is 0 Å². The molecule has 2 aliphatic rings. The molecule has 27 heavy (non-hydrogen) atoms. The predicted molar refractivity (Wildman–Crippen MR) is 109 cm³/mol. The van der Waals surface area contributed by atoms with Gasteiger partial charge in [-0.3, -0.25) is 0 Å². The molecule has 0 saturated heterocycles. The van der Waals surface area contributed by atoms with Crippen LogP contribution in [0.3, 0.4) is 0 Å². The highest BCUT2D eigenvalue weighted by molar-refractivity contribution is 7.18. The van der Waals surface area contributed by atoms with Gasteiger partial charge in [0.1, 0.15) is 22.6 Å². The molecule has 2 aromatic heterocycles. The van der Waals surface area contributed by atoms with Gasteiger partial charge in [0, 0.05) is 24.0 Å². The maximum absolute atomic E-state index is 12.0. The summed E-state index contributed by atoms with van der Waals surface area (Å²) in [5.41, 5.74) is -0.469. The molecule has 1 N–H and O–H groups in total. The molecule has 2 heterocycles. The van der Waals surface area contributed by atoms with Gasteiger partial charge >= 0.3 is 6.09 Å². The number of nitrogens with zero attached hydrogens (tertiary/aromatic N) is 3. The lowest BCUT2D eigenvalue weighted by Crippen LogP contribution is -2.39. The third-order valence-corrected chi connectivity index (χ3v) is 6.52. The van der Waals surface area contributed by atoms with Crippen LogP contribution in [0.4, 0.5) is 10.6 Å². The van der Waals surface area contributed by atoms with Crippen molar-refractivity contribution in [2.24, 2.45) is 0 Å². The monoisotopic (exact) mass is 388 g/mol. The zero-order valence-corrected chi connectivity index (χ0v) is 17.3. The maximum Gasteiger partial charge on any atom is 0.407 e. The molecule has 2 aliphatic carbocycles. The lowest BCUT2D eigenvalue weighted by atomic mass is 10.2. The Labute approximate surface area is 164 Å². The van der Waals surface area contributed by atoms with Crippen molar-refractivity contribution < 1.29 is 9.53 Å². The normalized spacial score (nSPS) is 22.8. The number of hydrogen-bond acceptors (Lipinski definition) is 6. The Morgan fingerprint density at radius 1 is 1.26 bits per heavy atom. The number of thiophene rings is 1. The molecular weight excluding hydrogens is 360 g/mol. The number of nitrogens with one attached hydrogen (secondary N) is 1. The van der Waals surface area contributed by atoms with E-state index in [4.69, 9.17) is 4.74 Å². The lowest BCUT2D eigenvalue weighted by molar-refractivity contribution is 0.0505. The number of anilines is 1. The van der Waals surface area contributed by atoms with Crippen molar-refractivity contribution in [2.75, 3.05) is 11.9 Å². The summed E-state index contributed by atoms with van der Waals surface area (Å²) >= 11 is 1.80. The smallest absolute Gasteiger partial charge is 0.407 e. The Morgan fingerprint density at radius 2 is 2.04 bits per heavy atom. The van der Waals surface area contributed by atoms with Crippen LogP contribution in [0.5, 0.6) is 0 Å². The molecule has 0 bridgehead atoms. The molecule has 0 radical (unpaired) electrons. The second-order valence-electron chi connectivity index (χ2n) is 8.76. The molecule has 2 saturated carbocycles. The number of hydrogen-bond donors (Lipinski definition) is 1. The molecule has 4 rings (SSSR count). The molecule has 2 aromatic rings. The van der Waals surface area contributed by atoms with Gasteiger partial charge in [-0.1, -0.05) is 0 Å². The van der Waals surface area contributed by atoms with Crippen molar-refractivity contribution in [3.05, 3.63) is 17.3 Å². The van der Waals surface area contributed by atoms with Crippen molar-refractivity contribution in [1.29, 1.82) is 0 Å². The fourth-order valence-corrected chi connectivity index (χ4v) is 4.96. The number of alkyl carbamates (subject to hydrolysis) is 1. The minimum Gasteiger partial charge on any atom is -0.444 e. The molecule has 2 fully saturated rings. The summed E-state index contributed by atoms with van der Waals surface area (Å²) in [6, 6.07) is 2.79. The maximum atomic E-state index is 12.0. The van der Waals surface area contributed by atoms with Crippen LogP contribution in [-0.4, -0.2) is 40.8 Å². The van der Waals surface area contributed by atoms with Gasteiger partial charge in [0.2, 0.25) is 0 Å². The number of aromatic nitrogens is 2. The van der Waals surface area contributed by atoms with Gasteiger partial charge in [-0.15, -0.1) is 11.3 Å². The molecule has 0 unspecified atom stereocenters. The van der Waals surface area contributed by atoms with Crippen molar-refractivity contribution in [1.82, 2.24) is 15.3 Å². The minimum absolute atomic E-state index is 0.147. The van der Waals surface area contributed by atoms with E-state index >= 15 is 0 Å². The van der Waals surface area contributed by atoms with Crippen LogP contribution >= 0.6 is 11.3 Å². The first-order valence-electron chi connectivity index (χ1n) is 9.77. The molecule has 6 nitrogen and oxygen atoms in total. The van der Waals surface area contributed by atoms with Gasteiger partial charge in [0.15, 0.2) is 0 Å². The van der Waals surface area contributed by atoms with E-state index in [1.165, 1.54) is 17.7 Å². The Morgan fingerprint density at radius 3 is 2.74 bits per heavy atom. The Bertz CT molecular complexity index is 840. The Hall–Kier alpha value is -1.89. The molecule has 146 valence electrons. The second kappa shape index (κ2) is 6.93. The molecule has 2 atom stereocenters. The summed E-state index contributed by atoms with van der Waals surface area (Å²) in [6.45, 7) is 5.65. The fourth-order valence-electron chi connectivity index (χ4n) is 3.80. The third kappa shape index (κ3) is 4.18. The second-order valence-corrected chi connectivity index (χ2v) is 9.82. The fraction of sp³-hybridized carbons (Fsp3) is 0.650. The molecule has 0 spiro atoms. The molecular formula is C20H28N4O2S. The summed E-state index contributed by atoms with van der Waals surface area (Å²) in [6.07, 6.45) is 6.83. The van der Waals surface area contributed by atoms with E-state index in [0.717, 1.165) is 41.2 Å². The zero-order valence-electron chi connectivity index (χ0n) is 16.5. The van der Waals surface area contributed by atoms with Crippen LogP contribution in [0.25, 0.3) is 10.2 Å². The molecule has 7 heteroatoms. The summed E-state index contributed by atoms with van der Waals surface area (Å²) in [4.78, 5) is 25.9. The van der Waals surface area contributed by atoms with Crippen molar-refractivity contribution in [3.8, 4) is 0 Å². The first-order valence-corrected chi connectivity index (χ1v) is 10.6. The van der Waals surface area contributed by atoms with Crippen molar-refractivity contribution in [2.45, 2.75) is 76.5 Å². The molecule has 1 amide bonds. The predicted octanol–water partition coefficient (Wildman–Crippen LogP) is 4.45. The zero-order chi connectivity index (χ0) is 19.2. The first kappa shape index (κ1) is 18.5. The van der Waals surface area contributed by atoms with Gasteiger partial charge in [0.05, 0.1) is 5.39 Å². The van der Waals surface area contributed by atoms with E-state index in [1.54, 1.807) is 17.7 Å². The Kier molecular flexibility index (Phi) is 4.74. The van der Waals surface area contributed by atoms with Crippen LogP contribution in [0.2, 0.25) is 0 Å². The standard InChI is InChI=1S/C20H28N4O2S/c1-20(2,3)26-19(25)23-13-7-8-14(9-13)24(4)17-15-10-16(12-5-6-12)27-18(15)22-11-21-17/h10-14H,5-9H2,1-4H3,(H,23,25)/t13-,14+/m0/s1. The SMILES string of the molecule is CN(c1ncnc2sc(C3CC3)cc12)[C@@H]1CC[C@H](NC(=O)OC(C)(C)C)C1. The first-order chi connectivity index (χ1) is 12.8. The van der Waals surface area contributed by atoms with E-state index in [1.807, 2.05) is 20.8 Å². The Balaban J connectivity index is 1.44. The van der Waals surface area contributed by atoms with Gasteiger partial charge in [-0.05, 0) is 64.9 Å². The quantitative estimate of drug-likeness (QED) is 0.838. The highest BCUT2D eigenvalue weighted by Gasteiger charge is 2.32. The van der Waals surface area contributed by atoms with Gasteiger partial charge in [0.25, 0.3) is 0 Å². The highest BCUT2D eigenvalue weighted by atomic mass is 32.1. The molecule has 0 aliphatic heterocycles. The van der Waals surface area contributed by atoms with Crippen LogP contribution in [0.15, 0.2) is 12.4 Å². The number of ether oxygens (including phenoxy) is 1. The summed E-state index contributed by atoms with van der Waals surface area (Å²) in [5.74, 6) is 1.74. The summed E-state index contributed by atoms with van der Waals surface area (Å²) < 4.78 is 5.39. The van der Waals surface area contributed by atoms with E-state index < -0.39 is 5.60 Å². The van der Waals surface area contributed by atoms with E-state index in [0.29, 0.717) is 6.04 Å². The third-order valence-electron chi connectivity index (χ3n) is 5.31. The van der Waals surface area contributed by atoms with Gasteiger partial charge < -0.3 is 15.0 Å². The van der Waals surface area contributed by atoms with Crippen LogP contribution in [0, 0.1) is 0 Å². The van der Waals surface area contributed by atoms with Crippen LogP contribution < -0.4 is 10.2 Å².